The van der Waals surface area contributed by atoms with Crippen LogP contribution >= 0.6 is 0 Å². The molecule has 152 valence electrons. The van der Waals surface area contributed by atoms with Crippen LogP contribution in [-0.2, 0) is 28.6 Å². The average molecular weight is 381 g/mol. The first-order chi connectivity index (χ1) is 12.7. The number of carbonyl (C=O) groups is 3. The monoisotopic (exact) mass is 381 g/mol. The number of unbranched alkanes of at least 4 members (excludes halogenated alkanes) is 1. The number of esters is 3. The van der Waals surface area contributed by atoms with E-state index in [0.29, 0.717) is 18.8 Å². The van der Waals surface area contributed by atoms with Crippen LogP contribution in [0.1, 0.15) is 33.6 Å². The lowest BCUT2D eigenvalue weighted by Gasteiger charge is -1.97. The standard InChI is InChI=1S/C7H12O2.2C5H8O2.C3H3N/c1-3-5-6-9-7(8)4-2;1-4(2)5(6)7-3;1-3-5(6)7-4-2;1-2-3-4/h4H,2-3,5-6H2,1H3;1H2,2-3H3;3H,1,4H2,2H3;2H,1H2. The molecule has 7 heteroatoms. The second-order valence-electron chi connectivity index (χ2n) is 4.29. The van der Waals surface area contributed by atoms with E-state index in [1.165, 1.54) is 19.3 Å². The molecule has 0 saturated carbocycles. The number of ether oxygens (including phenoxy) is 3. The molecule has 0 radical (unpaired) electrons. The van der Waals surface area contributed by atoms with Crippen molar-refractivity contribution in [3.05, 3.63) is 50.1 Å². The first-order valence-electron chi connectivity index (χ1n) is 8.04. The van der Waals surface area contributed by atoms with Crippen LogP contribution in [0.2, 0.25) is 0 Å². The third kappa shape index (κ3) is 39.5. The molecule has 0 heterocycles. The van der Waals surface area contributed by atoms with Crippen molar-refractivity contribution >= 4 is 17.9 Å². The summed E-state index contributed by atoms with van der Waals surface area (Å²) in [6, 6.07) is 1.69. The molecule has 0 fully saturated rings. The Labute approximate surface area is 162 Å². The van der Waals surface area contributed by atoms with Gasteiger partial charge in [-0.15, -0.1) is 0 Å². The van der Waals surface area contributed by atoms with E-state index in [1.807, 2.05) is 6.92 Å². The molecule has 0 bridgehead atoms. The number of carbonyl (C=O) groups excluding carboxylic acids is 3. The molecule has 0 unspecified atom stereocenters. The Kier molecular flexibility index (Phi) is 32.4. The highest BCUT2D eigenvalue weighted by atomic mass is 16.5. The Balaban J connectivity index is -0.000000135. The second-order valence-corrected chi connectivity index (χ2v) is 4.29. The molecule has 7 nitrogen and oxygen atoms in total. The maximum atomic E-state index is 10.3. The fourth-order valence-electron chi connectivity index (χ4n) is 0.751. The predicted molar refractivity (Wildman–Crippen MR) is 106 cm³/mol. The van der Waals surface area contributed by atoms with Crippen LogP contribution in [-0.4, -0.2) is 38.2 Å². The normalized spacial score (nSPS) is 7.37. The first kappa shape index (κ1) is 31.6. The Bertz CT molecular complexity index is 501. The minimum Gasteiger partial charge on any atom is -0.466 e. The van der Waals surface area contributed by atoms with E-state index in [4.69, 9.17) is 5.26 Å². The quantitative estimate of drug-likeness (QED) is 0.218. The molecule has 0 atom stereocenters. The van der Waals surface area contributed by atoms with E-state index in [2.05, 4.69) is 40.5 Å². The number of rotatable bonds is 7. The molecule has 0 aliphatic rings. The average Bonchev–Trinajstić information content (AvgIpc) is 2.68. The molecule has 0 rings (SSSR count). The number of methoxy groups -OCH3 is 1. The SMILES string of the molecule is C=C(C)C(=O)OC.C=CC#N.C=CC(=O)OCC.C=CC(=O)OCCCC. The summed E-state index contributed by atoms with van der Waals surface area (Å²) in [5.41, 5.74) is 0.433. The third-order valence-corrected chi connectivity index (χ3v) is 1.99. The lowest BCUT2D eigenvalue weighted by Crippen LogP contribution is -2.00. The topological polar surface area (TPSA) is 103 Å². The number of allylic oxidation sites excluding steroid dienone is 1. The number of hydrogen-bond donors (Lipinski definition) is 0. The molecule has 0 aliphatic heterocycles. The molecule has 0 aromatic heterocycles. The Morgan fingerprint density at radius 1 is 1.04 bits per heavy atom. The fourth-order valence-corrected chi connectivity index (χ4v) is 0.751. The highest BCUT2D eigenvalue weighted by Gasteiger charge is 1.95. The molecule has 0 saturated heterocycles. The molecule has 27 heavy (non-hydrogen) atoms. The molecule has 0 spiro atoms. The van der Waals surface area contributed by atoms with Gasteiger partial charge in [-0.1, -0.05) is 39.7 Å². The van der Waals surface area contributed by atoms with Crippen molar-refractivity contribution in [1.29, 1.82) is 5.26 Å². The van der Waals surface area contributed by atoms with Gasteiger partial charge in [-0.3, -0.25) is 0 Å². The van der Waals surface area contributed by atoms with E-state index >= 15 is 0 Å². The Hall–Kier alpha value is -3.14. The van der Waals surface area contributed by atoms with Gasteiger partial charge in [0.05, 0.1) is 26.4 Å². The highest BCUT2D eigenvalue weighted by molar-refractivity contribution is 5.86. The van der Waals surface area contributed by atoms with Crippen molar-refractivity contribution in [3.63, 3.8) is 0 Å². The maximum absolute atomic E-state index is 10.3. The van der Waals surface area contributed by atoms with Crippen LogP contribution in [0, 0.1) is 11.3 Å². The van der Waals surface area contributed by atoms with E-state index in [9.17, 15) is 14.4 Å². The summed E-state index contributed by atoms with van der Waals surface area (Å²) >= 11 is 0. The van der Waals surface area contributed by atoms with Crippen molar-refractivity contribution in [1.82, 2.24) is 0 Å². The van der Waals surface area contributed by atoms with Crippen molar-refractivity contribution in [3.8, 4) is 6.07 Å². The maximum Gasteiger partial charge on any atom is 0.332 e. The number of nitrogens with zero attached hydrogens (tertiary/aromatic N) is 1. The minimum absolute atomic E-state index is 0.330. The zero-order valence-electron chi connectivity index (χ0n) is 16.8. The summed E-state index contributed by atoms with van der Waals surface area (Å²) < 4.78 is 13.4. The summed E-state index contributed by atoms with van der Waals surface area (Å²) in [5, 5.41) is 7.51. The summed E-state index contributed by atoms with van der Waals surface area (Å²) in [5.74, 6) is -1.04. The molecule has 0 amide bonds. The van der Waals surface area contributed by atoms with E-state index < -0.39 is 0 Å². The van der Waals surface area contributed by atoms with E-state index in [-0.39, 0.29) is 17.9 Å². The Morgan fingerprint density at radius 2 is 1.48 bits per heavy atom. The van der Waals surface area contributed by atoms with Crippen molar-refractivity contribution in [2.24, 2.45) is 0 Å². The minimum atomic E-state index is -0.359. The summed E-state index contributed by atoms with van der Waals surface area (Å²) in [4.78, 5) is 30.6. The number of nitriles is 1. The van der Waals surface area contributed by atoms with Gasteiger partial charge in [0.15, 0.2) is 0 Å². The van der Waals surface area contributed by atoms with Crippen LogP contribution in [0.5, 0.6) is 0 Å². The van der Waals surface area contributed by atoms with Crippen LogP contribution < -0.4 is 0 Å². The van der Waals surface area contributed by atoms with Crippen molar-refractivity contribution in [2.45, 2.75) is 33.6 Å². The predicted octanol–water partition coefficient (Wildman–Crippen LogP) is 3.68. The van der Waals surface area contributed by atoms with Gasteiger partial charge in [-0.25, -0.2) is 14.4 Å². The molecule has 0 aliphatic carbocycles. The van der Waals surface area contributed by atoms with Crippen LogP contribution in [0.25, 0.3) is 0 Å². The molecular weight excluding hydrogens is 350 g/mol. The van der Waals surface area contributed by atoms with Crippen LogP contribution in [0.3, 0.4) is 0 Å². The smallest absolute Gasteiger partial charge is 0.332 e. The van der Waals surface area contributed by atoms with Gasteiger partial charge in [0.1, 0.15) is 0 Å². The van der Waals surface area contributed by atoms with Gasteiger partial charge in [-0.05, 0) is 20.3 Å². The molecule has 0 aromatic carbocycles. The molecule has 0 aromatic rings. The lowest BCUT2D eigenvalue weighted by atomic mass is 10.4. The fraction of sp³-hybridized carbons (Fsp3) is 0.400. The van der Waals surface area contributed by atoms with E-state index in [1.54, 1.807) is 19.9 Å². The summed E-state index contributed by atoms with van der Waals surface area (Å²) in [7, 11) is 1.33. The zero-order chi connectivity index (χ0) is 22.1. The molecule has 0 N–H and O–H groups in total. The van der Waals surface area contributed by atoms with Gasteiger partial charge in [0, 0.05) is 23.8 Å². The van der Waals surface area contributed by atoms with Crippen molar-refractivity contribution < 1.29 is 28.6 Å². The molecular formula is C20H31NO6. The van der Waals surface area contributed by atoms with Gasteiger partial charge in [0.25, 0.3) is 0 Å². The lowest BCUT2D eigenvalue weighted by molar-refractivity contribution is -0.138. The van der Waals surface area contributed by atoms with Crippen molar-refractivity contribution in [2.75, 3.05) is 20.3 Å². The summed E-state index contributed by atoms with van der Waals surface area (Å²) in [6.07, 6.45) is 5.48. The summed E-state index contributed by atoms with van der Waals surface area (Å²) in [6.45, 7) is 19.3. The number of hydrogen-bond acceptors (Lipinski definition) is 7. The second kappa shape index (κ2) is 27.7. The third-order valence-electron chi connectivity index (χ3n) is 1.99. The van der Waals surface area contributed by atoms with Gasteiger partial charge < -0.3 is 14.2 Å². The van der Waals surface area contributed by atoms with E-state index in [0.717, 1.165) is 18.9 Å². The first-order valence-corrected chi connectivity index (χ1v) is 8.04. The van der Waals surface area contributed by atoms with Crippen LogP contribution in [0.15, 0.2) is 50.1 Å². The Morgan fingerprint density at radius 3 is 1.67 bits per heavy atom. The highest BCUT2D eigenvalue weighted by Crippen LogP contribution is 1.88. The van der Waals surface area contributed by atoms with Crippen LogP contribution in [0.4, 0.5) is 0 Å². The largest absolute Gasteiger partial charge is 0.466 e. The van der Waals surface area contributed by atoms with Gasteiger partial charge in [0.2, 0.25) is 0 Å². The van der Waals surface area contributed by atoms with Gasteiger partial charge in [-0.2, -0.15) is 5.26 Å². The zero-order valence-corrected chi connectivity index (χ0v) is 16.8. The van der Waals surface area contributed by atoms with Gasteiger partial charge >= 0.3 is 17.9 Å².